The van der Waals surface area contributed by atoms with Crippen molar-refractivity contribution in [2.75, 3.05) is 0 Å². The van der Waals surface area contributed by atoms with Crippen molar-refractivity contribution in [3.8, 4) is 0 Å². The minimum Gasteiger partial charge on any atom is -0.228 e. The predicted molar refractivity (Wildman–Crippen MR) is 38.5 cm³/mol. The first-order chi connectivity index (χ1) is 4.70. The van der Waals surface area contributed by atoms with E-state index in [4.69, 9.17) is 11.6 Å². The van der Waals surface area contributed by atoms with E-state index in [-0.39, 0.29) is 5.38 Å². The van der Waals surface area contributed by atoms with Gasteiger partial charge in [-0.3, -0.25) is 0 Å². The molecular formula is C7H7ClFN. The summed E-state index contributed by atoms with van der Waals surface area (Å²) in [6.45, 7) is 1.82. The van der Waals surface area contributed by atoms with Gasteiger partial charge in [0.2, 0.25) is 5.95 Å². The fourth-order valence-corrected chi connectivity index (χ4v) is 0.752. The van der Waals surface area contributed by atoms with Crippen molar-refractivity contribution in [2.45, 2.75) is 12.3 Å². The van der Waals surface area contributed by atoms with E-state index in [0.29, 0.717) is 0 Å². The fraction of sp³-hybridized carbons (Fsp3) is 0.286. The molecule has 1 nitrogen and oxygen atoms in total. The van der Waals surface area contributed by atoms with E-state index in [1.807, 2.05) is 6.92 Å². The standard InChI is InChI=1S/C7H7ClFN/c1-5(8)6-2-3-7(9)10-4-6/h2-5H,1H3. The summed E-state index contributed by atoms with van der Waals surface area (Å²) in [6, 6.07) is 2.92. The molecule has 0 aliphatic carbocycles. The molecule has 1 unspecified atom stereocenters. The normalized spacial score (nSPS) is 13.1. The molecule has 3 heteroatoms. The maximum Gasteiger partial charge on any atom is 0.212 e. The number of pyridine rings is 1. The SMILES string of the molecule is CC(Cl)c1ccc(F)nc1. The van der Waals surface area contributed by atoms with Gasteiger partial charge in [0.25, 0.3) is 0 Å². The third kappa shape index (κ3) is 1.67. The second-order valence-electron chi connectivity index (χ2n) is 2.03. The van der Waals surface area contributed by atoms with Gasteiger partial charge in [-0.2, -0.15) is 4.39 Å². The van der Waals surface area contributed by atoms with Gasteiger partial charge in [-0.25, -0.2) is 4.98 Å². The topological polar surface area (TPSA) is 12.9 Å². The van der Waals surface area contributed by atoms with Crippen LogP contribution in [0.25, 0.3) is 0 Å². The van der Waals surface area contributed by atoms with Crippen molar-refractivity contribution in [3.63, 3.8) is 0 Å². The third-order valence-electron chi connectivity index (χ3n) is 1.21. The molecule has 0 aliphatic rings. The Kier molecular flexibility index (Phi) is 2.22. The number of rotatable bonds is 1. The van der Waals surface area contributed by atoms with Crippen molar-refractivity contribution in [1.82, 2.24) is 4.98 Å². The van der Waals surface area contributed by atoms with Crippen molar-refractivity contribution in [2.24, 2.45) is 0 Å². The van der Waals surface area contributed by atoms with Crippen molar-refractivity contribution in [3.05, 3.63) is 29.8 Å². The smallest absolute Gasteiger partial charge is 0.212 e. The summed E-state index contributed by atoms with van der Waals surface area (Å²) in [5, 5.41) is -0.104. The molecule has 0 spiro atoms. The van der Waals surface area contributed by atoms with Gasteiger partial charge in [-0.15, -0.1) is 11.6 Å². The highest BCUT2D eigenvalue weighted by Crippen LogP contribution is 2.17. The molecule has 1 rings (SSSR count). The zero-order valence-electron chi connectivity index (χ0n) is 5.51. The first-order valence-electron chi connectivity index (χ1n) is 2.95. The van der Waals surface area contributed by atoms with Crippen LogP contribution in [0.2, 0.25) is 0 Å². The quantitative estimate of drug-likeness (QED) is 0.453. The van der Waals surface area contributed by atoms with Crippen molar-refractivity contribution in [1.29, 1.82) is 0 Å². The second-order valence-corrected chi connectivity index (χ2v) is 2.68. The molecule has 54 valence electrons. The summed E-state index contributed by atoms with van der Waals surface area (Å²) in [7, 11) is 0. The van der Waals surface area contributed by atoms with Gasteiger partial charge in [0, 0.05) is 6.20 Å². The Bertz CT molecular complexity index is 207. The molecule has 0 N–H and O–H groups in total. The Morgan fingerprint density at radius 2 is 2.30 bits per heavy atom. The van der Waals surface area contributed by atoms with Crippen LogP contribution in [0.5, 0.6) is 0 Å². The van der Waals surface area contributed by atoms with Crippen LogP contribution in [-0.2, 0) is 0 Å². The van der Waals surface area contributed by atoms with E-state index in [0.717, 1.165) is 5.56 Å². The first kappa shape index (κ1) is 7.48. The van der Waals surface area contributed by atoms with E-state index in [1.165, 1.54) is 12.3 Å². The maximum absolute atomic E-state index is 12.2. The lowest BCUT2D eigenvalue weighted by Gasteiger charge is -1.99. The van der Waals surface area contributed by atoms with Gasteiger partial charge in [0.05, 0.1) is 5.38 Å². The first-order valence-corrected chi connectivity index (χ1v) is 3.39. The van der Waals surface area contributed by atoms with Crippen LogP contribution in [0.3, 0.4) is 0 Å². The number of alkyl halides is 1. The molecule has 0 aromatic carbocycles. The molecule has 1 aromatic rings. The molecule has 0 saturated carbocycles. The van der Waals surface area contributed by atoms with Crippen LogP contribution in [0.1, 0.15) is 17.9 Å². The lowest BCUT2D eigenvalue weighted by Crippen LogP contribution is -1.87. The van der Waals surface area contributed by atoms with E-state index in [2.05, 4.69) is 4.98 Å². The number of nitrogens with zero attached hydrogens (tertiary/aromatic N) is 1. The van der Waals surface area contributed by atoms with Crippen molar-refractivity contribution < 1.29 is 4.39 Å². The van der Waals surface area contributed by atoms with Gasteiger partial charge in [-0.1, -0.05) is 6.07 Å². The Morgan fingerprint density at radius 3 is 2.70 bits per heavy atom. The maximum atomic E-state index is 12.2. The van der Waals surface area contributed by atoms with Crippen LogP contribution < -0.4 is 0 Å². The zero-order valence-corrected chi connectivity index (χ0v) is 6.27. The lowest BCUT2D eigenvalue weighted by molar-refractivity contribution is 0.582. The largest absolute Gasteiger partial charge is 0.228 e. The molecule has 0 bridgehead atoms. The van der Waals surface area contributed by atoms with Crippen LogP contribution in [0.15, 0.2) is 18.3 Å². The predicted octanol–water partition coefficient (Wildman–Crippen LogP) is 2.52. The number of hydrogen-bond acceptors (Lipinski definition) is 1. The van der Waals surface area contributed by atoms with E-state index in [9.17, 15) is 4.39 Å². The average molecular weight is 160 g/mol. The van der Waals surface area contributed by atoms with Crippen LogP contribution in [-0.4, -0.2) is 4.98 Å². The Balaban J connectivity index is 2.89. The molecule has 0 saturated heterocycles. The molecule has 1 heterocycles. The molecule has 0 aliphatic heterocycles. The molecule has 0 fully saturated rings. The van der Waals surface area contributed by atoms with Gasteiger partial charge >= 0.3 is 0 Å². The second kappa shape index (κ2) is 2.97. The van der Waals surface area contributed by atoms with Gasteiger partial charge in [0.1, 0.15) is 0 Å². The summed E-state index contributed by atoms with van der Waals surface area (Å²) >= 11 is 5.69. The highest BCUT2D eigenvalue weighted by molar-refractivity contribution is 6.20. The molecule has 0 radical (unpaired) electrons. The molecule has 1 atom stereocenters. The van der Waals surface area contributed by atoms with E-state index in [1.54, 1.807) is 6.07 Å². The molecule has 1 aromatic heterocycles. The molecule has 10 heavy (non-hydrogen) atoms. The monoisotopic (exact) mass is 159 g/mol. The molecular weight excluding hydrogens is 153 g/mol. The Morgan fingerprint density at radius 1 is 1.60 bits per heavy atom. The Hall–Kier alpha value is -0.630. The number of halogens is 2. The molecule has 0 amide bonds. The summed E-state index contributed by atoms with van der Waals surface area (Å²) < 4.78 is 12.2. The van der Waals surface area contributed by atoms with Crippen LogP contribution >= 0.6 is 11.6 Å². The third-order valence-corrected chi connectivity index (χ3v) is 1.46. The van der Waals surface area contributed by atoms with E-state index >= 15 is 0 Å². The summed E-state index contributed by atoms with van der Waals surface area (Å²) in [4.78, 5) is 3.45. The fourth-order valence-electron chi connectivity index (χ4n) is 0.623. The van der Waals surface area contributed by atoms with Crippen molar-refractivity contribution >= 4 is 11.6 Å². The van der Waals surface area contributed by atoms with Gasteiger partial charge in [-0.05, 0) is 18.6 Å². The van der Waals surface area contributed by atoms with Gasteiger partial charge in [0.15, 0.2) is 0 Å². The summed E-state index contributed by atoms with van der Waals surface area (Å²) in [5.74, 6) is -0.471. The van der Waals surface area contributed by atoms with Crippen LogP contribution in [0.4, 0.5) is 4.39 Å². The number of hydrogen-bond donors (Lipinski definition) is 0. The van der Waals surface area contributed by atoms with E-state index < -0.39 is 5.95 Å². The number of aromatic nitrogens is 1. The average Bonchev–Trinajstić information content (AvgIpc) is 1.88. The lowest BCUT2D eigenvalue weighted by atomic mass is 10.2. The highest BCUT2D eigenvalue weighted by Gasteiger charge is 1.99. The minimum absolute atomic E-state index is 0.104. The summed E-state index contributed by atoms with van der Waals surface area (Å²) in [6.07, 6.45) is 1.44. The minimum atomic E-state index is -0.471. The van der Waals surface area contributed by atoms with Gasteiger partial charge < -0.3 is 0 Å². The zero-order chi connectivity index (χ0) is 7.56. The van der Waals surface area contributed by atoms with Crippen LogP contribution in [0, 0.1) is 5.95 Å². The Labute approximate surface area is 63.8 Å². The highest BCUT2D eigenvalue weighted by atomic mass is 35.5. The summed E-state index contributed by atoms with van der Waals surface area (Å²) in [5.41, 5.74) is 0.836.